The lowest BCUT2D eigenvalue weighted by Gasteiger charge is -2.17. The third kappa shape index (κ3) is 4.75. The number of rotatable bonds is 8. The molecular weight excluding hydrogens is 252 g/mol. The number of benzene rings is 1. The van der Waals surface area contributed by atoms with Gasteiger partial charge in [0.2, 0.25) is 0 Å². The van der Waals surface area contributed by atoms with Crippen molar-refractivity contribution in [3.63, 3.8) is 0 Å². The maximum absolute atomic E-state index is 9.28. The van der Waals surface area contributed by atoms with Crippen LogP contribution in [0.15, 0.2) is 18.2 Å². The van der Waals surface area contributed by atoms with Crippen LogP contribution in [0, 0.1) is 11.3 Å². The van der Waals surface area contributed by atoms with Crippen LogP contribution in [0.1, 0.15) is 45.7 Å². The van der Waals surface area contributed by atoms with E-state index in [1.54, 1.807) is 0 Å². The second kappa shape index (κ2) is 8.44. The van der Waals surface area contributed by atoms with Gasteiger partial charge in [-0.15, -0.1) is 0 Å². The summed E-state index contributed by atoms with van der Waals surface area (Å²) in [5.74, 6) is 1.43. The monoisotopic (exact) mass is 276 g/mol. The maximum Gasteiger partial charge on any atom is 0.161 e. The Kier molecular flexibility index (Phi) is 6.89. The van der Waals surface area contributed by atoms with E-state index in [4.69, 9.17) is 9.47 Å². The van der Waals surface area contributed by atoms with Gasteiger partial charge in [0.1, 0.15) is 6.04 Å². The first kappa shape index (κ1) is 16.3. The summed E-state index contributed by atoms with van der Waals surface area (Å²) in [4.78, 5) is 0. The molecular formula is C16H24N2O2. The Morgan fingerprint density at radius 3 is 2.50 bits per heavy atom. The van der Waals surface area contributed by atoms with Crippen LogP contribution >= 0.6 is 0 Å². The van der Waals surface area contributed by atoms with E-state index < -0.39 is 0 Å². The summed E-state index contributed by atoms with van der Waals surface area (Å²) in [7, 11) is 0. The highest BCUT2D eigenvalue weighted by atomic mass is 16.5. The highest BCUT2D eigenvalue weighted by Gasteiger charge is 2.14. The van der Waals surface area contributed by atoms with Crippen molar-refractivity contribution in [2.24, 2.45) is 0 Å². The number of nitrogens with one attached hydrogen (secondary N) is 1. The molecule has 0 saturated carbocycles. The van der Waals surface area contributed by atoms with Crippen LogP contribution in [-0.2, 0) is 0 Å². The number of ether oxygens (including phenoxy) is 2. The predicted octanol–water partition coefficient (Wildman–Crippen LogP) is 3.44. The second-order valence-corrected chi connectivity index (χ2v) is 4.87. The molecule has 0 radical (unpaired) electrons. The molecule has 0 bridgehead atoms. The number of nitrogens with zero attached hydrogens (tertiary/aromatic N) is 1. The standard InChI is InChI=1S/C16H24N2O2/c1-5-9-20-15-8-7-13(10-16(15)19-6-2)14(11-17)18-12(3)4/h7-8,10,12,14,18H,5-6,9H2,1-4H3. The van der Waals surface area contributed by atoms with Gasteiger partial charge in [-0.2, -0.15) is 5.26 Å². The van der Waals surface area contributed by atoms with Gasteiger partial charge in [-0.05, 0) is 44.9 Å². The molecule has 0 heterocycles. The average molecular weight is 276 g/mol. The number of nitriles is 1. The van der Waals surface area contributed by atoms with Crippen LogP contribution in [0.3, 0.4) is 0 Å². The Bertz CT molecular complexity index is 452. The summed E-state index contributed by atoms with van der Waals surface area (Å²) < 4.78 is 11.3. The number of hydrogen-bond acceptors (Lipinski definition) is 4. The molecule has 0 spiro atoms. The minimum atomic E-state index is -0.338. The largest absolute Gasteiger partial charge is 0.490 e. The van der Waals surface area contributed by atoms with Crippen molar-refractivity contribution < 1.29 is 9.47 Å². The zero-order valence-electron chi connectivity index (χ0n) is 12.8. The fraction of sp³-hybridized carbons (Fsp3) is 0.562. The minimum Gasteiger partial charge on any atom is -0.490 e. The van der Waals surface area contributed by atoms with E-state index in [2.05, 4.69) is 18.3 Å². The highest BCUT2D eigenvalue weighted by molar-refractivity contribution is 5.45. The summed E-state index contributed by atoms with van der Waals surface area (Å²) in [6.45, 7) is 9.27. The SMILES string of the molecule is CCCOc1ccc(C(C#N)NC(C)C)cc1OCC. The van der Waals surface area contributed by atoms with Gasteiger partial charge in [0.25, 0.3) is 0 Å². The summed E-state index contributed by atoms with van der Waals surface area (Å²) in [6.07, 6.45) is 0.947. The molecule has 0 fully saturated rings. The molecule has 0 saturated heterocycles. The van der Waals surface area contributed by atoms with Crippen molar-refractivity contribution in [2.45, 2.75) is 46.2 Å². The Morgan fingerprint density at radius 2 is 1.95 bits per heavy atom. The molecule has 0 aliphatic heterocycles. The van der Waals surface area contributed by atoms with E-state index in [9.17, 15) is 5.26 Å². The van der Waals surface area contributed by atoms with Crippen LogP contribution in [0.2, 0.25) is 0 Å². The summed E-state index contributed by atoms with van der Waals surface area (Å²) in [5, 5.41) is 12.5. The van der Waals surface area contributed by atoms with Gasteiger partial charge in [-0.3, -0.25) is 5.32 Å². The first-order valence-electron chi connectivity index (χ1n) is 7.17. The quantitative estimate of drug-likeness (QED) is 0.790. The van der Waals surface area contributed by atoms with Crippen molar-refractivity contribution in [3.05, 3.63) is 23.8 Å². The van der Waals surface area contributed by atoms with E-state index >= 15 is 0 Å². The van der Waals surface area contributed by atoms with E-state index in [1.807, 2.05) is 39.0 Å². The van der Waals surface area contributed by atoms with E-state index in [-0.39, 0.29) is 12.1 Å². The van der Waals surface area contributed by atoms with Gasteiger partial charge in [0.15, 0.2) is 11.5 Å². The van der Waals surface area contributed by atoms with Gasteiger partial charge in [0, 0.05) is 6.04 Å². The zero-order valence-corrected chi connectivity index (χ0v) is 12.8. The molecule has 1 aromatic rings. The molecule has 1 N–H and O–H groups in total. The molecule has 110 valence electrons. The lowest BCUT2D eigenvalue weighted by atomic mass is 10.1. The molecule has 1 atom stereocenters. The average Bonchev–Trinajstić information content (AvgIpc) is 2.43. The lowest BCUT2D eigenvalue weighted by molar-refractivity contribution is 0.276. The first-order chi connectivity index (χ1) is 9.62. The molecule has 4 heteroatoms. The molecule has 0 amide bonds. The van der Waals surface area contributed by atoms with Gasteiger partial charge in [-0.1, -0.05) is 13.0 Å². The van der Waals surface area contributed by atoms with Gasteiger partial charge in [0.05, 0.1) is 19.3 Å². The van der Waals surface area contributed by atoms with Crippen LogP contribution in [0.25, 0.3) is 0 Å². The minimum absolute atomic E-state index is 0.242. The molecule has 20 heavy (non-hydrogen) atoms. The van der Waals surface area contributed by atoms with Crippen LogP contribution < -0.4 is 14.8 Å². The Morgan fingerprint density at radius 1 is 1.20 bits per heavy atom. The van der Waals surface area contributed by atoms with E-state index in [1.165, 1.54) is 0 Å². The van der Waals surface area contributed by atoms with E-state index in [0.717, 1.165) is 17.7 Å². The zero-order chi connectivity index (χ0) is 15.0. The fourth-order valence-electron chi connectivity index (χ4n) is 1.85. The van der Waals surface area contributed by atoms with E-state index in [0.29, 0.717) is 19.0 Å². The molecule has 4 nitrogen and oxygen atoms in total. The lowest BCUT2D eigenvalue weighted by Crippen LogP contribution is -2.27. The molecule has 1 aromatic carbocycles. The molecule has 0 aliphatic carbocycles. The Hall–Kier alpha value is -1.73. The summed E-state index contributed by atoms with van der Waals surface area (Å²) in [6, 6.07) is 7.85. The first-order valence-corrected chi connectivity index (χ1v) is 7.17. The highest BCUT2D eigenvalue weighted by Crippen LogP contribution is 2.31. The van der Waals surface area contributed by atoms with Crippen molar-refractivity contribution in [1.82, 2.24) is 5.32 Å². The third-order valence-electron chi connectivity index (χ3n) is 2.69. The van der Waals surface area contributed by atoms with Gasteiger partial charge in [-0.25, -0.2) is 0 Å². The van der Waals surface area contributed by atoms with Gasteiger partial charge >= 0.3 is 0 Å². The molecule has 1 unspecified atom stereocenters. The topological polar surface area (TPSA) is 54.3 Å². The van der Waals surface area contributed by atoms with Crippen LogP contribution in [-0.4, -0.2) is 19.3 Å². The Balaban J connectivity index is 2.98. The second-order valence-electron chi connectivity index (χ2n) is 4.87. The molecule has 0 aliphatic rings. The van der Waals surface area contributed by atoms with Crippen molar-refractivity contribution in [2.75, 3.05) is 13.2 Å². The van der Waals surface area contributed by atoms with Crippen LogP contribution in [0.5, 0.6) is 11.5 Å². The van der Waals surface area contributed by atoms with Crippen LogP contribution in [0.4, 0.5) is 0 Å². The van der Waals surface area contributed by atoms with Crippen molar-refractivity contribution in [1.29, 1.82) is 5.26 Å². The third-order valence-corrected chi connectivity index (χ3v) is 2.69. The van der Waals surface area contributed by atoms with Gasteiger partial charge < -0.3 is 9.47 Å². The fourth-order valence-corrected chi connectivity index (χ4v) is 1.85. The van der Waals surface area contributed by atoms with Crippen molar-refractivity contribution in [3.8, 4) is 17.6 Å². The Labute approximate surface area is 121 Å². The molecule has 1 rings (SSSR count). The molecule has 0 aromatic heterocycles. The summed E-state index contributed by atoms with van der Waals surface area (Å²) >= 11 is 0. The maximum atomic E-state index is 9.28. The normalized spacial score (nSPS) is 12.0. The predicted molar refractivity (Wildman–Crippen MR) is 80.0 cm³/mol. The smallest absolute Gasteiger partial charge is 0.161 e. The number of hydrogen-bond donors (Lipinski definition) is 1. The van der Waals surface area contributed by atoms with Crippen molar-refractivity contribution >= 4 is 0 Å². The summed E-state index contributed by atoms with van der Waals surface area (Å²) in [5.41, 5.74) is 0.897.